The summed E-state index contributed by atoms with van der Waals surface area (Å²) in [5.41, 5.74) is 0.333. The Bertz CT molecular complexity index is 1310. The highest BCUT2D eigenvalue weighted by atomic mass is 32.2. The van der Waals surface area contributed by atoms with Gasteiger partial charge in [-0.15, -0.1) is 0 Å². The lowest BCUT2D eigenvalue weighted by Crippen LogP contribution is -2.52. The van der Waals surface area contributed by atoms with E-state index in [1.807, 2.05) is 6.92 Å². The van der Waals surface area contributed by atoms with Crippen molar-refractivity contribution in [3.63, 3.8) is 0 Å². The van der Waals surface area contributed by atoms with Gasteiger partial charge in [-0.05, 0) is 38.0 Å². The highest BCUT2D eigenvalue weighted by molar-refractivity contribution is 7.92. The third-order valence-electron chi connectivity index (χ3n) is 7.61. The number of carbonyl (C=O) groups excluding carboxylic acids is 2. The lowest BCUT2D eigenvalue weighted by molar-refractivity contribution is 0.0366. The van der Waals surface area contributed by atoms with Crippen molar-refractivity contribution in [3.8, 4) is 5.75 Å². The molecule has 1 aromatic carbocycles. The Morgan fingerprint density at radius 3 is 2.65 bits per heavy atom. The van der Waals surface area contributed by atoms with Gasteiger partial charge in [0.2, 0.25) is 0 Å². The maximum Gasteiger partial charge on any atom is 0.317 e. The minimum absolute atomic E-state index is 0.150. The van der Waals surface area contributed by atoms with Gasteiger partial charge in [-0.25, -0.2) is 9.78 Å². The number of hydrogen-bond donors (Lipinski definition) is 3. The second-order valence-electron chi connectivity index (χ2n) is 11.0. The summed E-state index contributed by atoms with van der Waals surface area (Å²) >= 11 is 0. The number of aliphatic hydroxyl groups is 1. The number of imidazole rings is 1. The van der Waals surface area contributed by atoms with Crippen LogP contribution in [0.25, 0.3) is 0 Å². The molecule has 1 fully saturated rings. The first-order valence-corrected chi connectivity index (χ1v) is 15.2. The summed E-state index contributed by atoms with van der Waals surface area (Å²) in [5, 5.41) is 12.9. The molecule has 2 heterocycles. The maximum atomic E-state index is 13.7. The number of ether oxygens (including phenoxy) is 1. The van der Waals surface area contributed by atoms with Crippen molar-refractivity contribution >= 4 is 27.6 Å². The zero-order valence-corrected chi connectivity index (χ0v) is 24.4. The molecule has 3 N–H and O–H groups in total. The molecule has 2 aliphatic rings. The number of aryl methyl sites for hydroxylation is 1. The average Bonchev–Trinajstić information content (AvgIpc) is 3.38. The fourth-order valence-corrected chi connectivity index (χ4v) is 6.16. The highest BCUT2D eigenvalue weighted by Gasteiger charge is 2.34. The molecular weight excluding hydrogens is 536 g/mol. The molecule has 13 heteroatoms. The molecule has 3 atom stereocenters. The molecular formula is C27H40N6O6S. The molecule has 220 valence electrons. The van der Waals surface area contributed by atoms with Crippen LogP contribution in [0.15, 0.2) is 35.7 Å². The zero-order chi connectivity index (χ0) is 29.0. The Balaban J connectivity index is 1.59. The van der Waals surface area contributed by atoms with E-state index in [1.54, 1.807) is 36.9 Å². The number of nitrogens with one attached hydrogen (secondary N) is 2. The summed E-state index contributed by atoms with van der Waals surface area (Å²) in [6.07, 6.45) is 7.68. The van der Waals surface area contributed by atoms with Gasteiger partial charge in [0.25, 0.3) is 15.9 Å². The number of anilines is 1. The van der Waals surface area contributed by atoms with Gasteiger partial charge in [-0.1, -0.05) is 26.2 Å². The summed E-state index contributed by atoms with van der Waals surface area (Å²) in [4.78, 5) is 33.7. The number of fused-ring (bicyclic) bond motifs is 1. The molecule has 2 aromatic rings. The van der Waals surface area contributed by atoms with E-state index in [0.29, 0.717) is 0 Å². The Morgan fingerprint density at radius 2 is 2.00 bits per heavy atom. The molecule has 0 unspecified atom stereocenters. The number of benzene rings is 1. The molecule has 0 saturated heterocycles. The standard InChI is InChI=1S/C27H40N6O6S/c1-18-13-33(19(2)16-34)26(35)22-12-21(30-40(37,38)25-15-31(3)17-28-25)10-11-23(22)39-24(18)14-32(4)27(36)29-20-8-6-5-7-9-20/h10-12,15,17-20,24,30,34H,5-9,13-14,16H2,1-4H3,(H,29,36)/t18-,19-,24-/m1/s1. The Morgan fingerprint density at radius 1 is 1.27 bits per heavy atom. The van der Waals surface area contributed by atoms with Crippen molar-refractivity contribution in [2.45, 2.75) is 69.2 Å². The van der Waals surface area contributed by atoms with Crippen molar-refractivity contribution in [2.75, 3.05) is 31.5 Å². The summed E-state index contributed by atoms with van der Waals surface area (Å²) in [5.74, 6) is -0.277. The molecule has 12 nitrogen and oxygen atoms in total. The lowest BCUT2D eigenvalue weighted by Gasteiger charge is -2.38. The van der Waals surface area contributed by atoms with Gasteiger partial charge in [0, 0.05) is 44.5 Å². The third-order valence-corrected chi connectivity index (χ3v) is 8.87. The second kappa shape index (κ2) is 12.5. The van der Waals surface area contributed by atoms with Crippen LogP contribution in [-0.2, 0) is 17.1 Å². The number of amides is 3. The summed E-state index contributed by atoms with van der Waals surface area (Å²) in [7, 11) is -0.593. The summed E-state index contributed by atoms with van der Waals surface area (Å²) in [6.45, 7) is 4.02. The van der Waals surface area contributed by atoms with Crippen molar-refractivity contribution in [2.24, 2.45) is 13.0 Å². The third kappa shape index (κ3) is 6.87. The van der Waals surface area contributed by atoms with Gasteiger partial charge in [0.1, 0.15) is 11.9 Å². The fourth-order valence-electron chi connectivity index (χ4n) is 5.12. The van der Waals surface area contributed by atoms with E-state index in [9.17, 15) is 23.1 Å². The molecule has 1 aromatic heterocycles. The maximum absolute atomic E-state index is 13.7. The molecule has 0 radical (unpaired) electrons. The first-order valence-electron chi connectivity index (χ1n) is 13.7. The van der Waals surface area contributed by atoms with Crippen LogP contribution >= 0.6 is 0 Å². The van der Waals surface area contributed by atoms with Crippen LogP contribution in [0, 0.1) is 5.92 Å². The van der Waals surface area contributed by atoms with Gasteiger partial charge in [-0.3, -0.25) is 9.52 Å². The molecule has 40 heavy (non-hydrogen) atoms. The first-order chi connectivity index (χ1) is 19.0. The van der Waals surface area contributed by atoms with Crippen molar-refractivity contribution in [1.82, 2.24) is 24.7 Å². The van der Waals surface area contributed by atoms with Gasteiger partial charge in [0.05, 0.1) is 31.1 Å². The Labute approximate surface area is 235 Å². The quantitative estimate of drug-likeness (QED) is 0.437. The molecule has 1 aliphatic carbocycles. The normalized spacial score (nSPS) is 21.0. The topological polar surface area (TPSA) is 146 Å². The van der Waals surface area contributed by atoms with E-state index in [0.717, 1.165) is 25.7 Å². The number of rotatable bonds is 8. The number of aromatic nitrogens is 2. The minimum atomic E-state index is -3.98. The van der Waals surface area contributed by atoms with Gasteiger partial charge in [-0.2, -0.15) is 8.42 Å². The largest absolute Gasteiger partial charge is 0.487 e. The molecule has 0 bridgehead atoms. The smallest absolute Gasteiger partial charge is 0.317 e. The molecule has 1 saturated carbocycles. The zero-order valence-electron chi connectivity index (χ0n) is 23.5. The fraction of sp³-hybridized carbons (Fsp3) is 0.593. The number of sulfonamides is 1. The first kappa shape index (κ1) is 29.7. The molecule has 1 aliphatic heterocycles. The van der Waals surface area contributed by atoms with Crippen molar-refractivity contribution in [3.05, 3.63) is 36.3 Å². The monoisotopic (exact) mass is 576 g/mol. The predicted molar refractivity (Wildman–Crippen MR) is 150 cm³/mol. The van der Waals surface area contributed by atoms with Crippen molar-refractivity contribution < 1.29 is 27.9 Å². The van der Waals surface area contributed by atoms with Crippen LogP contribution in [0.5, 0.6) is 5.75 Å². The van der Waals surface area contributed by atoms with Crippen LogP contribution in [0.3, 0.4) is 0 Å². The van der Waals surface area contributed by atoms with E-state index in [-0.39, 0.29) is 65.6 Å². The van der Waals surface area contributed by atoms with Gasteiger partial charge >= 0.3 is 6.03 Å². The highest BCUT2D eigenvalue weighted by Crippen LogP contribution is 2.31. The minimum Gasteiger partial charge on any atom is -0.487 e. The number of carbonyl (C=O) groups is 2. The van der Waals surface area contributed by atoms with Crippen molar-refractivity contribution in [1.29, 1.82) is 0 Å². The molecule has 3 amide bonds. The van der Waals surface area contributed by atoms with Gasteiger partial charge < -0.3 is 29.5 Å². The van der Waals surface area contributed by atoms with E-state index in [4.69, 9.17) is 4.74 Å². The molecule has 4 rings (SSSR count). The number of hydrogen-bond acceptors (Lipinski definition) is 7. The number of nitrogens with zero attached hydrogens (tertiary/aromatic N) is 4. The van der Waals surface area contributed by atoms with Crippen LogP contribution in [0.4, 0.5) is 10.5 Å². The van der Waals surface area contributed by atoms with Crippen LogP contribution < -0.4 is 14.8 Å². The number of likely N-dealkylation sites (N-methyl/N-ethyl adjacent to an activating group) is 1. The number of urea groups is 1. The van der Waals surface area contributed by atoms with E-state index in [1.165, 1.54) is 35.6 Å². The average molecular weight is 577 g/mol. The second-order valence-corrected chi connectivity index (χ2v) is 12.6. The SMILES string of the molecule is C[C@@H]1CN([C@H](C)CO)C(=O)c2cc(NS(=O)(=O)c3cn(C)cn3)ccc2O[C@@H]1CN(C)C(=O)NC1CCCCC1. The van der Waals surface area contributed by atoms with Crippen LogP contribution in [0.1, 0.15) is 56.3 Å². The Kier molecular flexibility index (Phi) is 9.24. The lowest BCUT2D eigenvalue weighted by atomic mass is 9.96. The Hall–Kier alpha value is -3.32. The van der Waals surface area contributed by atoms with Crippen LogP contribution in [0.2, 0.25) is 0 Å². The summed E-state index contributed by atoms with van der Waals surface area (Å²) < 4.78 is 36.0. The molecule has 0 spiro atoms. The van der Waals surface area contributed by atoms with E-state index in [2.05, 4.69) is 15.0 Å². The van der Waals surface area contributed by atoms with Crippen LogP contribution in [-0.4, -0.2) is 89.7 Å². The summed E-state index contributed by atoms with van der Waals surface area (Å²) in [6, 6.07) is 4.03. The van der Waals surface area contributed by atoms with E-state index < -0.39 is 22.2 Å². The number of aliphatic hydroxyl groups excluding tert-OH is 1. The predicted octanol–water partition coefficient (Wildman–Crippen LogP) is 2.42. The van der Waals surface area contributed by atoms with E-state index >= 15 is 0 Å². The van der Waals surface area contributed by atoms with Gasteiger partial charge in [0.15, 0.2) is 5.03 Å².